The van der Waals surface area contributed by atoms with Gasteiger partial charge in [-0.2, -0.15) is 0 Å². The number of hydrogen-bond acceptors (Lipinski definition) is 2. The number of aliphatic hydroxyl groups is 1. The highest BCUT2D eigenvalue weighted by Crippen LogP contribution is 2.68. The molecule has 4 saturated carbocycles. The highest BCUT2D eigenvalue weighted by Gasteiger charge is 2.64. The van der Waals surface area contributed by atoms with Gasteiger partial charge >= 0.3 is 0 Å². The summed E-state index contributed by atoms with van der Waals surface area (Å²) in [6.07, 6.45) is 11.9. The molecule has 0 heterocycles. The Labute approximate surface area is 141 Å². The van der Waals surface area contributed by atoms with Crippen LogP contribution in [0.1, 0.15) is 78.6 Å². The van der Waals surface area contributed by atoms with Crippen molar-refractivity contribution in [3.05, 3.63) is 0 Å². The summed E-state index contributed by atoms with van der Waals surface area (Å²) in [5.41, 5.74) is -0.693. The second-order valence-electron chi connectivity index (χ2n) is 10.1. The molecule has 4 fully saturated rings. The van der Waals surface area contributed by atoms with Gasteiger partial charge in [0.1, 0.15) is 5.60 Å². The van der Waals surface area contributed by atoms with Crippen molar-refractivity contribution in [1.29, 1.82) is 0 Å². The third-order valence-electron chi connectivity index (χ3n) is 9.34. The van der Waals surface area contributed by atoms with Crippen molar-refractivity contribution in [2.75, 3.05) is 0 Å². The van der Waals surface area contributed by atoms with Crippen molar-refractivity contribution in [2.24, 2.45) is 40.4 Å². The lowest BCUT2D eigenvalue weighted by molar-refractivity contribution is -0.160. The highest BCUT2D eigenvalue weighted by atomic mass is 16.3. The minimum atomic E-state index is -1.05. The van der Waals surface area contributed by atoms with E-state index in [4.69, 9.17) is 0 Å². The maximum Gasteiger partial charge on any atom is 0.152 e. The monoisotopic (exact) mass is 318 g/mol. The van der Waals surface area contributed by atoms with Crippen molar-refractivity contribution >= 4 is 6.29 Å². The molecule has 0 bridgehead atoms. The second kappa shape index (κ2) is 5.07. The van der Waals surface area contributed by atoms with Crippen molar-refractivity contribution in [3.63, 3.8) is 0 Å². The van der Waals surface area contributed by atoms with Gasteiger partial charge in [-0.15, -0.1) is 0 Å². The van der Waals surface area contributed by atoms with Crippen LogP contribution >= 0.6 is 0 Å². The van der Waals surface area contributed by atoms with Gasteiger partial charge in [-0.3, -0.25) is 0 Å². The molecule has 130 valence electrons. The molecule has 23 heavy (non-hydrogen) atoms. The predicted molar refractivity (Wildman–Crippen MR) is 91.9 cm³/mol. The Hall–Kier alpha value is -0.370. The summed E-state index contributed by atoms with van der Waals surface area (Å²) in [4.78, 5) is 11.6. The molecular weight excluding hydrogens is 284 g/mol. The normalized spacial score (nSPS) is 58.9. The number of fused-ring (bicyclic) bond motifs is 5. The number of hydrogen-bond donors (Lipinski definition) is 1. The van der Waals surface area contributed by atoms with Gasteiger partial charge < -0.3 is 9.90 Å². The molecular formula is C21H34O2. The summed E-state index contributed by atoms with van der Waals surface area (Å²) in [7, 11) is 0. The van der Waals surface area contributed by atoms with Crippen LogP contribution in [0.4, 0.5) is 0 Å². The molecule has 0 amide bonds. The van der Waals surface area contributed by atoms with E-state index >= 15 is 0 Å². The molecule has 0 aromatic rings. The SMILES string of the molecule is CC1CC[C@@]2(C)C(CC[C@@H]3[C@H]2CC[C@@]2(C)[C@H]3CCC2(O)C=O)C1. The zero-order chi connectivity index (χ0) is 16.5. The summed E-state index contributed by atoms with van der Waals surface area (Å²) < 4.78 is 0. The largest absolute Gasteiger partial charge is 0.382 e. The molecule has 4 aliphatic rings. The predicted octanol–water partition coefficient (Wildman–Crippen LogP) is 4.60. The highest BCUT2D eigenvalue weighted by molar-refractivity contribution is 5.65. The van der Waals surface area contributed by atoms with Gasteiger partial charge in [0, 0.05) is 5.41 Å². The van der Waals surface area contributed by atoms with Gasteiger partial charge in [-0.05, 0) is 86.4 Å². The Kier molecular flexibility index (Phi) is 3.55. The summed E-state index contributed by atoms with van der Waals surface area (Å²) in [5.74, 6) is 3.97. The average molecular weight is 319 g/mol. The standard InChI is InChI=1S/C21H34O2/c1-14-6-9-19(2)15(12-14)4-5-16-17(19)7-10-20(3)18(16)8-11-21(20,23)13-22/h13-18,23H,4-12H2,1-3H3/t14?,15?,16-,17-,18+,19+,20+,21?/m1/s1. The topological polar surface area (TPSA) is 37.3 Å². The zero-order valence-corrected chi connectivity index (χ0v) is 15.2. The Morgan fingerprint density at radius 1 is 0.957 bits per heavy atom. The molecule has 0 aromatic heterocycles. The van der Waals surface area contributed by atoms with E-state index in [0.717, 1.165) is 42.8 Å². The summed E-state index contributed by atoms with van der Waals surface area (Å²) >= 11 is 0. The van der Waals surface area contributed by atoms with E-state index < -0.39 is 5.60 Å². The van der Waals surface area contributed by atoms with Crippen LogP contribution in [-0.4, -0.2) is 17.0 Å². The molecule has 0 saturated heterocycles. The average Bonchev–Trinajstić information content (AvgIpc) is 2.80. The van der Waals surface area contributed by atoms with Crippen molar-refractivity contribution in [2.45, 2.75) is 84.2 Å². The minimum Gasteiger partial charge on any atom is -0.382 e. The van der Waals surface area contributed by atoms with Crippen LogP contribution in [0.25, 0.3) is 0 Å². The van der Waals surface area contributed by atoms with Crippen LogP contribution in [0.15, 0.2) is 0 Å². The smallest absolute Gasteiger partial charge is 0.152 e. The van der Waals surface area contributed by atoms with E-state index in [1.165, 1.54) is 38.5 Å². The van der Waals surface area contributed by atoms with Crippen LogP contribution in [-0.2, 0) is 4.79 Å². The maximum atomic E-state index is 11.6. The van der Waals surface area contributed by atoms with Gasteiger partial charge in [0.25, 0.3) is 0 Å². The minimum absolute atomic E-state index is 0.166. The van der Waals surface area contributed by atoms with Crippen LogP contribution < -0.4 is 0 Å². The van der Waals surface area contributed by atoms with Crippen LogP contribution in [0.3, 0.4) is 0 Å². The fourth-order valence-electron chi connectivity index (χ4n) is 7.72. The van der Waals surface area contributed by atoms with Crippen molar-refractivity contribution in [3.8, 4) is 0 Å². The molecule has 2 nitrogen and oxygen atoms in total. The first-order chi connectivity index (χ1) is 10.8. The van der Waals surface area contributed by atoms with Gasteiger partial charge in [0.2, 0.25) is 0 Å². The second-order valence-corrected chi connectivity index (χ2v) is 10.1. The van der Waals surface area contributed by atoms with Crippen LogP contribution in [0.2, 0.25) is 0 Å². The lowest BCUT2D eigenvalue weighted by atomic mass is 9.44. The lowest BCUT2D eigenvalue weighted by Gasteiger charge is -2.61. The molecule has 2 heteroatoms. The third kappa shape index (κ3) is 2.00. The Bertz CT molecular complexity index is 502. The van der Waals surface area contributed by atoms with E-state index in [-0.39, 0.29) is 5.41 Å². The van der Waals surface area contributed by atoms with Gasteiger partial charge in [0.15, 0.2) is 6.29 Å². The number of aldehydes is 1. The molecule has 3 unspecified atom stereocenters. The van der Waals surface area contributed by atoms with Gasteiger partial charge in [-0.1, -0.05) is 27.2 Å². The molecule has 0 aliphatic heterocycles. The van der Waals surface area contributed by atoms with E-state index in [1.54, 1.807) is 0 Å². The van der Waals surface area contributed by atoms with Gasteiger partial charge in [-0.25, -0.2) is 0 Å². The van der Waals surface area contributed by atoms with E-state index in [2.05, 4.69) is 20.8 Å². The lowest BCUT2D eigenvalue weighted by Crippen LogP contribution is -2.56. The molecule has 0 radical (unpaired) electrons. The first-order valence-electron chi connectivity index (χ1n) is 10.0. The van der Waals surface area contributed by atoms with Crippen LogP contribution in [0.5, 0.6) is 0 Å². The fourth-order valence-corrected chi connectivity index (χ4v) is 7.72. The maximum absolute atomic E-state index is 11.6. The molecule has 0 spiro atoms. The van der Waals surface area contributed by atoms with Crippen LogP contribution in [0, 0.1) is 40.4 Å². The summed E-state index contributed by atoms with van der Waals surface area (Å²) in [6, 6.07) is 0. The number of carbonyl (C=O) groups is 1. The molecule has 4 aliphatic carbocycles. The molecule has 8 atom stereocenters. The Balaban J connectivity index is 1.64. The molecule has 4 rings (SSSR count). The fraction of sp³-hybridized carbons (Fsp3) is 0.952. The molecule has 1 N–H and O–H groups in total. The first-order valence-corrected chi connectivity index (χ1v) is 10.0. The molecule has 0 aromatic carbocycles. The van der Waals surface area contributed by atoms with E-state index in [9.17, 15) is 9.90 Å². The van der Waals surface area contributed by atoms with E-state index in [0.29, 0.717) is 17.8 Å². The van der Waals surface area contributed by atoms with E-state index in [1.807, 2.05) is 0 Å². The first kappa shape index (κ1) is 16.1. The zero-order valence-electron chi connectivity index (χ0n) is 15.2. The summed E-state index contributed by atoms with van der Waals surface area (Å²) in [6.45, 7) is 7.24. The third-order valence-corrected chi connectivity index (χ3v) is 9.34. The van der Waals surface area contributed by atoms with Crippen molar-refractivity contribution in [1.82, 2.24) is 0 Å². The van der Waals surface area contributed by atoms with Crippen molar-refractivity contribution < 1.29 is 9.90 Å². The Morgan fingerprint density at radius 2 is 1.70 bits per heavy atom. The van der Waals surface area contributed by atoms with Gasteiger partial charge in [0.05, 0.1) is 0 Å². The summed E-state index contributed by atoms with van der Waals surface area (Å²) in [5, 5.41) is 10.9. The number of carbonyl (C=O) groups excluding carboxylic acids is 1. The number of rotatable bonds is 1. The quantitative estimate of drug-likeness (QED) is 0.718. The Morgan fingerprint density at radius 3 is 2.43 bits per heavy atom.